The van der Waals surface area contributed by atoms with Crippen molar-refractivity contribution < 1.29 is 19.0 Å². The third kappa shape index (κ3) is 5.10. The summed E-state index contributed by atoms with van der Waals surface area (Å²) < 4.78 is 11.0. The van der Waals surface area contributed by atoms with Crippen LogP contribution in [0.1, 0.15) is 42.3 Å². The van der Waals surface area contributed by atoms with Crippen molar-refractivity contribution in [3.05, 3.63) is 46.8 Å². The number of quaternary nitrogens is 1. The van der Waals surface area contributed by atoms with Gasteiger partial charge in [-0.05, 0) is 38.5 Å². The number of ether oxygens (including phenoxy) is 1. The number of amides is 1. The Morgan fingerprint density at radius 1 is 1.33 bits per heavy atom. The van der Waals surface area contributed by atoms with Crippen LogP contribution in [0.5, 0.6) is 5.75 Å². The van der Waals surface area contributed by atoms with E-state index in [0.29, 0.717) is 19.1 Å². The molecule has 1 aliphatic rings. The Kier molecular flexibility index (Phi) is 6.50. The molecular formula is C21H30N3O3+. The molecule has 2 atom stereocenters. The molecule has 0 radical (unpaired) electrons. The summed E-state index contributed by atoms with van der Waals surface area (Å²) in [6, 6.07) is 8.27. The van der Waals surface area contributed by atoms with Crippen LogP contribution in [-0.2, 0) is 17.8 Å². The minimum absolute atomic E-state index is 0.0849. The van der Waals surface area contributed by atoms with Crippen LogP contribution in [0, 0.1) is 13.8 Å². The second-order valence-electron chi connectivity index (χ2n) is 7.32. The predicted octanol–water partition coefficient (Wildman–Crippen LogP) is 1.60. The van der Waals surface area contributed by atoms with Crippen molar-refractivity contribution in [2.75, 3.05) is 19.6 Å². The first-order valence-electron chi connectivity index (χ1n) is 9.81. The molecule has 146 valence electrons. The van der Waals surface area contributed by atoms with E-state index in [1.807, 2.05) is 38.1 Å². The largest absolute Gasteiger partial charge is 0.489 e. The van der Waals surface area contributed by atoms with Gasteiger partial charge in [0.05, 0.1) is 37.3 Å². The summed E-state index contributed by atoms with van der Waals surface area (Å²) >= 11 is 0. The number of hydrogen-bond donors (Lipinski definition) is 2. The summed E-state index contributed by atoms with van der Waals surface area (Å²) in [5.41, 5.74) is 2.82. The molecule has 1 aromatic heterocycles. The number of nitrogens with zero attached hydrogens (tertiary/aromatic N) is 1. The number of nitrogens with one attached hydrogen (secondary N) is 2. The lowest BCUT2D eigenvalue weighted by molar-refractivity contribution is -0.909. The SMILES string of the molecule is CC[NH+]1CCC[C@H]1CNC(=O)Cc1ccc(OCc2c(C)noc2C)cc1. The van der Waals surface area contributed by atoms with Crippen LogP contribution >= 0.6 is 0 Å². The van der Waals surface area contributed by atoms with Crippen LogP contribution in [0.3, 0.4) is 0 Å². The molecule has 3 rings (SSSR count). The van der Waals surface area contributed by atoms with E-state index in [9.17, 15) is 4.79 Å². The van der Waals surface area contributed by atoms with Gasteiger partial charge in [0, 0.05) is 12.8 Å². The highest BCUT2D eigenvalue weighted by molar-refractivity contribution is 5.78. The van der Waals surface area contributed by atoms with Gasteiger partial charge in [-0.15, -0.1) is 0 Å². The van der Waals surface area contributed by atoms with Crippen LogP contribution in [0.25, 0.3) is 0 Å². The second kappa shape index (κ2) is 9.04. The third-order valence-electron chi connectivity index (χ3n) is 5.48. The molecule has 1 aromatic carbocycles. The van der Waals surface area contributed by atoms with E-state index in [1.165, 1.54) is 19.4 Å². The number of likely N-dealkylation sites (tertiary alicyclic amines) is 1. The van der Waals surface area contributed by atoms with Gasteiger partial charge in [0.2, 0.25) is 5.91 Å². The van der Waals surface area contributed by atoms with Gasteiger partial charge in [-0.25, -0.2) is 0 Å². The summed E-state index contributed by atoms with van der Waals surface area (Å²) in [6.45, 7) is 9.57. The number of aromatic nitrogens is 1. The molecule has 27 heavy (non-hydrogen) atoms. The van der Waals surface area contributed by atoms with Crippen molar-refractivity contribution in [2.24, 2.45) is 0 Å². The first kappa shape index (κ1) is 19.4. The van der Waals surface area contributed by atoms with Gasteiger partial charge in [-0.2, -0.15) is 0 Å². The number of likely N-dealkylation sites (N-methyl/N-ethyl adjacent to an activating group) is 1. The standard InChI is InChI=1S/C21H29N3O3/c1-4-24-11-5-6-18(24)13-22-21(25)12-17-7-9-19(10-8-17)26-14-20-15(2)23-27-16(20)3/h7-10,18H,4-6,11-14H2,1-3H3,(H,22,25)/p+1/t18-/m0/s1. The van der Waals surface area contributed by atoms with E-state index < -0.39 is 0 Å². The maximum atomic E-state index is 12.2. The number of hydrogen-bond acceptors (Lipinski definition) is 4. The topological polar surface area (TPSA) is 68.8 Å². The zero-order valence-electron chi connectivity index (χ0n) is 16.5. The van der Waals surface area contributed by atoms with E-state index in [0.717, 1.165) is 41.4 Å². The van der Waals surface area contributed by atoms with E-state index in [4.69, 9.17) is 9.26 Å². The van der Waals surface area contributed by atoms with Crippen molar-refractivity contribution in [3.8, 4) is 5.75 Å². The summed E-state index contributed by atoms with van der Waals surface area (Å²) in [4.78, 5) is 13.8. The van der Waals surface area contributed by atoms with Gasteiger partial charge in [-0.3, -0.25) is 4.79 Å². The van der Waals surface area contributed by atoms with E-state index in [1.54, 1.807) is 4.90 Å². The average molecular weight is 372 g/mol. The molecule has 6 heteroatoms. The van der Waals surface area contributed by atoms with Gasteiger partial charge >= 0.3 is 0 Å². The fourth-order valence-electron chi connectivity index (χ4n) is 3.75. The molecule has 1 saturated heterocycles. The normalized spacial score (nSPS) is 19.2. The number of benzene rings is 1. The Morgan fingerprint density at radius 3 is 2.78 bits per heavy atom. The Labute approximate surface area is 160 Å². The quantitative estimate of drug-likeness (QED) is 0.739. The number of rotatable bonds is 8. The lowest BCUT2D eigenvalue weighted by Crippen LogP contribution is -3.14. The Balaban J connectivity index is 1.45. The number of carbonyl (C=O) groups excluding carboxylic acids is 1. The van der Waals surface area contributed by atoms with Gasteiger partial charge in [0.25, 0.3) is 0 Å². The van der Waals surface area contributed by atoms with Gasteiger partial charge < -0.3 is 19.5 Å². The van der Waals surface area contributed by atoms with E-state index in [-0.39, 0.29) is 5.91 Å². The molecule has 1 fully saturated rings. The first-order chi connectivity index (χ1) is 13.1. The highest BCUT2D eigenvalue weighted by Crippen LogP contribution is 2.18. The molecule has 2 heterocycles. The second-order valence-corrected chi connectivity index (χ2v) is 7.32. The highest BCUT2D eigenvalue weighted by Gasteiger charge is 2.27. The molecule has 1 aliphatic heterocycles. The summed E-state index contributed by atoms with van der Waals surface area (Å²) in [7, 11) is 0. The lowest BCUT2D eigenvalue weighted by atomic mass is 10.1. The zero-order valence-corrected chi connectivity index (χ0v) is 16.5. The molecule has 2 N–H and O–H groups in total. The monoisotopic (exact) mass is 372 g/mol. The summed E-state index contributed by atoms with van der Waals surface area (Å²) in [5, 5.41) is 7.03. The molecule has 6 nitrogen and oxygen atoms in total. The van der Waals surface area contributed by atoms with Gasteiger partial charge in [-0.1, -0.05) is 17.3 Å². The average Bonchev–Trinajstić information content (AvgIpc) is 3.26. The smallest absolute Gasteiger partial charge is 0.224 e. The number of aryl methyl sites for hydroxylation is 2. The van der Waals surface area contributed by atoms with Crippen LogP contribution < -0.4 is 15.0 Å². The van der Waals surface area contributed by atoms with Crippen LogP contribution in [0.2, 0.25) is 0 Å². The summed E-state index contributed by atoms with van der Waals surface area (Å²) in [6.07, 6.45) is 2.87. The molecule has 0 saturated carbocycles. The van der Waals surface area contributed by atoms with Gasteiger partial charge in [0.1, 0.15) is 24.2 Å². The molecule has 1 amide bonds. The molecule has 2 aromatic rings. The van der Waals surface area contributed by atoms with Crippen molar-refractivity contribution in [2.45, 2.75) is 52.7 Å². The van der Waals surface area contributed by atoms with E-state index in [2.05, 4.69) is 17.4 Å². The Bertz CT molecular complexity index is 735. The number of carbonyl (C=O) groups is 1. The Morgan fingerprint density at radius 2 is 2.11 bits per heavy atom. The maximum Gasteiger partial charge on any atom is 0.224 e. The van der Waals surface area contributed by atoms with Crippen LogP contribution in [-0.4, -0.2) is 36.7 Å². The maximum absolute atomic E-state index is 12.2. The zero-order chi connectivity index (χ0) is 19.2. The van der Waals surface area contributed by atoms with Crippen molar-refractivity contribution in [3.63, 3.8) is 0 Å². The first-order valence-corrected chi connectivity index (χ1v) is 9.81. The Hall–Kier alpha value is -2.34. The van der Waals surface area contributed by atoms with Crippen molar-refractivity contribution in [1.29, 1.82) is 0 Å². The third-order valence-corrected chi connectivity index (χ3v) is 5.48. The van der Waals surface area contributed by atoms with E-state index >= 15 is 0 Å². The fraction of sp³-hybridized carbons (Fsp3) is 0.524. The van der Waals surface area contributed by atoms with Gasteiger partial charge in [0.15, 0.2) is 0 Å². The molecule has 1 unspecified atom stereocenters. The van der Waals surface area contributed by atoms with Crippen molar-refractivity contribution >= 4 is 5.91 Å². The minimum atomic E-state index is 0.0849. The molecule has 0 aliphatic carbocycles. The highest BCUT2D eigenvalue weighted by atomic mass is 16.5. The minimum Gasteiger partial charge on any atom is -0.489 e. The lowest BCUT2D eigenvalue weighted by Gasteiger charge is -2.20. The molecule has 0 bridgehead atoms. The predicted molar refractivity (Wildman–Crippen MR) is 103 cm³/mol. The molecule has 0 spiro atoms. The van der Waals surface area contributed by atoms with Crippen LogP contribution in [0.4, 0.5) is 0 Å². The van der Waals surface area contributed by atoms with Crippen molar-refractivity contribution in [1.82, 2.24) is 10.5 Å². The molecular weight excluding hydrogens is 342 g/mol. The fourth-order valence-corrected chi connectivity index (χ4v) is 3.75. The van der Waals surface area contributed by atoms with Crippen LogP contribution in [0.15, 0.2) is 28.8 Å². The summed E-state index contributed by atoms with van der Waals surface area (Å²) in [5.74, 6) is 1.64.